The summed E-state index contributed by atoms with van der Waals surface area (Å²) < 4.78 is 0. The molecule has 1 aliphatic heterocycles. The molecule has 0 bridgehead atoms. The Labute approximate surface area is 230 Å². The van der Waals surface area contributed by atoms with Crippen molar-refractivity contribution >= 4 is 44.1 Å². The number of pyridine rings is 1. The Morgan fingerprint density at radius 3 is 2.79 bits per heavy atom. The number of nitrogens with zero attached hydrogens (tertiary/aromatic N) is 3. The van der Waals surface area contributed by atoms with E-state index in [-0.39, 0.29) is 11.3 Å². The Hall–Kier alpha value is -3.01. The third kappa shape index (κ3) is 7.52. The molecule has 1 fully saturated rings. The van der Waals surface area contributed by atoms with Crippen molar-refractivity contribution in [3.05, 3.63) is 54.2 Å². The highest BCUT2D eigenvalue weighted by atomic mass is 32.1. The predicted octanol–water partition coefficient (Wildman–Crippen LogP) is 5.14. The molecule has 0 saturated carbocycles. The van der Waals surface area contributed by atoms with Crippen molar-refractivity contribution in [2.24, 2.45) is 5.41 Å². The zero-order valence-corrected chi connectivity index (χ0v) is 24.0. The molecular formula is C29H41N7OS. The van der Waals surface area contributed by atoms with Gasteiger partial charge < -0.3 is 21.3 Å². The van der Waals surface area contributed by atoms with Gasteiger partial charge in [0.25, 0.3) is 0 Å². The van der Waals surface area contributed by atoms with Gasteiger partial charge in [-0.05, 0) is 61.6 Å². The second kappa shape index (κ2) is 12.2. The summed E-state index contributed by atoms with van der Waals surface area (Å²) in [5.41, 5.74) is 4.96. The molecular weight excluding hydrogens is 494 g/mol. The lowest BCUT2D eigenvalue weighted by Gasteiger charge is -2.28. The van der Waals surface area contributed by atoms with E-state index in [4.69, 9.17) is 4.98 Å². The zero-order chi connectivity index (χ0) is 27.3. The number of amides is 1. The van der Waals surface area contributed by atoms with Crippen molar-refractivity contribution in [2.45, 2.75) is 59.7 Å². The standard InChI is InChI=1S/C29H41N7OS/c1-7-30-26(37)19(2)17-36-12-10-22(18-36)33-23-13-21(16-32-20(3)29(4,5)6)14-24(15-23)34-28-35-25-9-8-11-31-27(25)38-28/h8-9,11,13-15,20,22,32-33H,2,7,10,12,16-18H2,1,3-6H3,(H,30,37)(H,34,35)/t20-,22-/m0/s1. The molecule has 3 aromatic rings. The summed E-state index contributed by atoms with van der Waals surface area (Å²) in [7, 11) is 0. The van der Waals surface area contributed by atoms with E-state index >= 15 is 0 Å². The molecule has 8 nitrogen and oxygen atoms in total. The number of fused-ring (bicyclic) bond motifs is 1. The third-order valence-electron chi connectivity index (χ3n) is 7.04. The first-order valence-corrected chi connectivity index (χ1v) is 14.2. The van der Waals surface area contributed by atoms with Crippen LogP contribution in [-0.4, -0.2) is 59.0 Å². The zero-order valence-electron chi connectivity index (χ0n) is 23.2. The van der Waals surface area contributed by atoms with Crippen LogP contribution in [0.5, 0.6) is 0 Å². The van der Waals surface area contributed by atoms with Crippen molar-refractivity contribution in [3.63, 3.8) is 0 Å². The molecule has 1 saturated heterocycles. The molecule has 38 heavy (non-hydrogen) atoms. The molecule has 0 radical (unpaired) electrons. The molecule has 0 spiro atoms. The van der Waals surface area contributed by atoms with Crippen molar-refractivity contribution < 1.29 is 4.79 Å². The summed E-state index contributed by atoms with van der Waals surface area (Å²) in [6.45, 7) is 18.7. The third-order valence-corrected chi connectivity index (χ3v) is 7.93. The lowest BCUT2D eigenvalue weighted by atomic mass is 9.88. The molecule has 2 aromatic heterocycles. The number of rotatable bonds is 11. The summed E-state index contributed by atoms with van der Waals surface area (Å²) in [5, 5.41) is 14.6. The number of carbonyl (C=O) groups is 1. The van der Waals surface area contributed by atoms with E-state index in [9.17, 15) is 4.79 Å². The van der Waals surface area contributed by atoms with Crippen LogP contribution in [0.4, 0.5) is 16.5 Å². The fraction of sp³-hybridized carbons (Fsp3) is 0.483. The smallest absolute Gasteiger partial charge is 0.247 e. The number of hydrogen-bond donors (Lipinski definition) is 4. The highest BCUT2D eigenvalue weighted by Crippen LogP contribution is 2.29. The highest BCUT2D eigenvalue weighted by molar-refractivity contribution is 7.21. The minimum atomic E-state index is -0.0608. The fourth-order valence-corrected chi connectivity index (χ4v) is 5.26. The summed E-state index contributed by atoms with van der Waals surface area (Å²) in [5.74, 6) is -0.0608. The highest BCUT2D eigenvalue weighted by Gasteiger charge is 2.24. The maximum Gasteiger partial charge on any atom is 0.247 e. The van der Waals surface area contributed by atoms with Crippen LogP contribution in [0.1, 0.15) is 46.6 Å². The topological polar surface area (TPSA) is 94.2 Å². The summed E-state index contributed by atoms with van der Waals surface area (Å²) in [6.07, 6.45) is 2.81. The molecule has 1 aliphatic rings. The Balaban J connectivity index is 1.47. The Morgan fingerprint density at radius 2 is 2.05 bits per heavy atom. The number of carbonyl (C=O) groups excluding carboxylic acids is 1. The molecule has 9 heteroatoms. The number of aromatic nitrogens is 2. The van der Waals surface area contributed by atoms with Crippen LogP contribution in [0.3, 0.4) is 0 Å². The fourth-order valence-electron chi connectivity index (χ4n) is 4.43. The lowest BCUT2D eigenvalue weighted by molar-refractivity contribution is -0.117. The largest absolute Gasteiger partial charge is 0.381 e. The van der Waals surface area contributed by atoms with Crippen molar-refractivity contribution in [2.75, 3.05) is 36.8 Å². The van der Waals surface area contributed by atoms with Crippen molar-refractivity contribution in [1.29, 1.82) is 0 Å². The van der Waals surface area contributed by atoms with Gasteiger partial charge in [0.15, 0.2) is 5.13 Å². The van der Waals surface area contributed by atoms with E-state index in [1.807, 2.05) is 19.1 Å². The van der Waals surface area contributed by atoms with Crippen LogP contribution in [0.15, 0.2) is 48.7 Å². The van der Waals surface area contributed by atoms with Gasteiger partial charge in [-0.1, -0.05) is 38.7 Å². The number of likely N-dealkylation sites (tertiary alicyclic amines) is 1. The van der Waals surface area contributed by atoms with E-state index in [2.05, 4.69) is 83.6 Å². The Morgan fingerprint density at radius 1 is 1.26 bits per heavy atom. The number of benzene rings is 1. The Bertz CT molecular complexity index is 1230. The van der Waals surface area contributed by atoms with Crippen LogP contribution in [0.2, 0.25) is 0 Å². The van der Waals surface area contributed by atoms with Crippen molar-refractivity contribution in [3.8, 4) is 0 Å². The number of hydrogen-bond acceptors (Lipinski definition) is 8. The van der Waals surface area contributed by atoms with E-state index in [1.54, 1.807) is 17.5 Å². The van der Waals surface area contributed by atoms with Gasteiger partial charge in [0.05, 0.1) is 0 Å². The van der Waals surface area contributed by atoms with E-state index in [0.29, 0.717) is 30.7 Å². The quantitative estimate of drug-likeness (QED) is 0.253. The first-order chi connectivity index (χ1) is 18.1. The van der Waals surface area contributed by atoms with Crippen LogP contribution in [-0.2, 0) is 11.3 Å². The molecule has 4 N–H and O–H groups in total. The van der Waals surface area contributed by atoms with Gasteiger partial charge in [-0.2, -0.15) is 0 Å². The first-order valence-electron chi connectivity index (χ1n) is 13.4. The van der Waals surface area contributed by atoms with Gasteiger partial charge in [0.2, 0.25) is 5.91 Å². The van der Waals surface area contributed by atoms with Crippen LogP contribution >= 0.6 is 11.3 Å². The SMILES string of the molecule is C=C(CN1CC[C@H](Nc2cc(CN[C@@H](C)C(C)(C)C)cc(Nc3nc4cccnc4s3)c2)C1)C(=O)NCC. The molecule has 204 valence electrons. The number of likely N-dealkylation sites (N-methyl/N-ethyl adjacent to an activating group) is 1. The number of nitrogens with one attached hydrogen (secondary N) is 4. The van der Waals surface area contributed by atoms with Crippen molar-refractivity contribution in [1.82, 2.24) is 25.5 Å². The first kappa shape index (κ1) is 28.0. The molecule has 3 heterocycles. The van der Waals surface area contributed by atoms with Gasteiger partial charge in [-0.25, -0.2) is 9.97 Å². The molecule has 1 aromatic carbocycles. The van der Waals surface area contributed by atoms with E-state index in [0.717, 1.165) is 52.9 Å². The van der Waals surface area contributed by atoms with Crippen LogP contribution in [0.25, 0.3) is 10.3 Å². The van der Waals surface area contributed by atoms with E-state index < -0.39 is 0 Å². The van der Waals surface area contributed by atoms with Gasteiger partial charge in [0.1, 0.15) is 10.3 Å². The van der Waals surface area contributed by atoms with Gasteiger partial charge in [0, 0.05) is 68.0 Å². The molecule has 0 unspecified atom stereocenters. The lowest BCUT2D eigenvalue weighted by Crippen LogP contribution is -2.37. The second-order valence-electron chi connectivity index (χ2n) is 11.2. The molecule has 0 aliphatic carbocycles. The van der Waals surface area contributed by atoms with Crippen LogP contribution in [0, 0.1) is 5.41 Å². The summed E-state index contributed by atoms with van der Waals surface area (Å²) in [6, 6.07) is 11.1. The average molecular weight is 536 g/mol. The molecule has 1 amide bonds. The Kier molecular flexibility index (Phi) is 9.02. The molecule has 4 rings (SSSR count). The number of anilines is 3. The monoisotopic (exact) mass is 535 g/mol. The summed E-state index contributed by atoms with van der Waals surface area (Å²) in [4.78, 5) is 24.4. The number of thiazole rings is 1. The predicted molar refractivity (Wildman–Crippen MR) is 159 cm³/mol. The normalized spacial score (nSPS) is 16.9. The van der Waals surface area contributed by atoms with Gasteiger partial charge in [-0.15, -0.1) is 0 Å². The minimum Gasteiger partial charge on any atom is -0.381 e. The van der Waals surface area contributed by atoms with Gasteiger partial charge >= 0.3 is 0 Å². The maximum absolute atomic E-state index is 12.1. The second-order valence-corrected chi connectivity index (χ2v) is 12.2. The van der Waals surface area contributed by atoms with Gasteiger partial charge in [-0.3, -0.25) is 9.69 Å². The maximum atomic E-state index is 12.1. The average Bonchev–Trinajstić information content (AvgIpc) is 3.47. The van der Waals surface area contributed by atoms with E-state index in [1.165, 1.54) is 5.56 Å². The van der Waals surface area contributed by atoms with Crippen LogP contribution < -0.4 is 21.3 Å². The summed E-state index contributed by atoms with van der Waals surface area (Å²) >= 11 is 1.55. The molecule has 2 atom stereocenters. The minimum absolute atomic E-state index is 0.0608.